The zero-order chi connectivity index (χ0) is 22.2. The first-order chi connectivity index (χ1) is 15.5. The third-order valence-corrected chi connectivity index (χ3v) is 6.96. The highest BCUT2D eigenvalue weighted by molar-refractivity contribution is 7.19. The van der Waals surface area contributed by atoms with Crippen molar-refractivity contribution in [3.63, 3.8) is 0 Å². The number of carbonyl (C=O) groups is 1. The highest BCUT2D eigenvalue weighted by Crippen LogP contribution is 2.35. The van der Waals surface area contributed by atoms with E-state index in [4.69, 9.17) is 5.73 Å². The van der Waals surface area contributed by atoms with Crippen LogP contribution in [0, 0.1) is 12.8 Å². The van der Waals surface area contributed by atoms with E-state index in [1.165, 1.54) is 17.4 Å². The van der Waals surface area contributed by atoms with E-state index >= 15 is 0 Å². The molecule has 7 heteroatoms. The minimum absolute atomic E-state index is 0.0954. The average Bonchev–Trinajstić information content (AvgIpc) is 3.36. The van der Waals surface area contributed by atoms with Crippen LogP contribution in [0.3, 0.4) is 0 Å². The van der Waals surface area contributed by atoms with Crippen molar-refractivity contribution in [1.29, 1.82) is 0 Å². The highest BCUT2D eigenvalue weighted by Gasteiger charge is 2.31. The number of hydrogen-bond donors (Lipinski definition) is 1. The summed E-state index contributed by atoms with van der Waals surface area (Å²) in [7, 11) is 0. The fourth-order valence-electron chi connectivity index (χ4n) is 4.16. The normalized spacial score (nSPS) is 19.3. The minimum Gasteiger partial charge on any atom is -0.375 e. The quantitative estimate of drug-likeness (QED) is 0.639. The van der Waals surface area contributed by atoms with Crippen LogP contribution in [-0.2, 0) is 0 Å². The molecule has 5 rings (SSSR count). The highest BCUT2D eigenvalue weighted by atomic mass is 32.1. The molecule has 0 bridgehead atoms. The number of benzene rings is 1. The second kappa shape index (κ2) is 8.47. The second-order valence-electron chi connectivity index (χ2n) is 8.58. The number of halogens is 1. The van der Waals surface area contributed by atoms with Crippen molar-refractivity contribution in [2.45, 2.75) is 32.4 Å². The molecule has 0 saturated heterocycles. The Morgan fingerprint density at radius 2 is 2.19 bits per heavy atom. The number of anilines is 1. The molecule has 5 nitrogen and oxygen atoms in total. The molecule has 1 amide bonds. The molecule has 1 unspecified atom stereocenters. The third kappa shape index (κ3) is 4.17. The molecule has 1 aromatic heterocycles. The molecule has 1 atom stereocenters. The third-order valence-electron chi connectivity index (χ3n) is 6.03. The smallest absolute Gasteiger partial charge is 0.274 e. The lowest BCUT2D eigenvalue weighted by atomic mass is 9.94. The Labute approximate surface area is 190 Å². The van der Waals surface area contributed by atoms with Gasteiger partial charge in [-0.15, -0.1) is 0 Å². The van der Waals surface area contributed by atoms with Gasteiger partial charge >= 0.3 is 0 Å². The molecule has 164 valence electrons. The molecule has 2 heterocycles. The van der Waals surface area contributed by atoms with E-state index in [-0.39, 0.29) is 5.91 Å². The number of rotatable bonds is 7. The Hall–Kier alpha value is -3.06. The number of nitrogen functional groups attached to an aromatic ring is 1. The van der Waals surface area contributed by atoms with Crippen molar-refractivity contribution in [1.82, 2.24) is 9.88 Å². The summed E-state index contributed by atoms with van der Waals surface area (Å²) in [6.45, 7) is 3.26. The van der Waals surface area contributed by atoms with Crippen LogP contribution in [0.5, 0.6) is 0 Å². The number of thiazole rings is 1. The molecule has 2 aromatic rings. The average molecular weight is 449 g/mol. The van der Waals surface area contributed by atoms with Crippen LogP contribution in [0.1, 0.15) is 35.3 Å². The van der Waals surface area contributed by atoms with Crippen molar-refractivity contribution in [3.8, 4) is 10.4 Å². The van der Waals surface area contributed by atoms with Crippen molar-refractivity contribution in [2.75, 3.05) is 18.8 Å². The van der Waals surface area contributed by atoms with Gasteiger partial charge in [-0.2, -0.15) is 0 Å². The summed E-state index contributed by atoms with van der Waals surface area (Å²) in [5, 5.41) is 0.390. The topological polar surface area (TPSA) is 71.6 Å². The monoisotopic (exact) mass is 448 g/mol. The lowest BCUT2D eigenvalue weighted by Crippen LogP contribution is -2.34. The molecule has 2 N–H and O–H groups in total. The summed E-state index contributed by atoms with van der Waals surface area (Å²) in [6.07, 6.45) is 8.61. The second-order valence-corrected chi connectivity index (χ2v) is 9.61. The van der Waals surface area contributed by atoms with Crippen molar-refractivity contribution in [3.05, 3.63) is 71.1 Å². The number of fused-ring (bicyclic) bond motifs is 1. The SMILES string of the molecule is Cc1cccc(-c2sc(N)nc2C(=O)N(CCC2=CN=C3C2=CC=CC3F)CC2CC2)c1. The molecule has 1 aromatic carbocycles. The summed E-state index contributed by atoms with van der Waals surface area (Å²) in [5.41, 5.74) is 10.8. The summed E-state index contributed by atoms with van der Waals surface area (Å²) in [5.74, 6) is 0.441. The Bertz CT molecular complexity index is 1190. The summed E-state index contributed by atoms with van der Waals surface area (Å²) < 4.78 is 14.1. The number of carbonyl (C=O) groups excluding carboxylic acids is 1. The van der Waals surface area contributed by atoms with E-state index in [9.17, 15) is 9.18 Å². The number of nitrogens with two attached hydrogens (primary N) is 1. The maximum Gasteiger partial charge on any atom is 0.274 e. The maximum atomic E-state index is 14.1. The first-order valence-electron chi connectivity index (χ1n) is 10.9. The zero-order valence-electron chi connectivity index (χ0n) is 17.9. The largest absolute Gasteiger partial charge is 0.375 e. The number of allylic oxidation sites excluding steroid dienone is 4. The first kappa shape index (κ1) is 20.8. The fraction of sp³-hybridized carbons (Fsp3) is 0.320. The standard InChI is InChI=1S/C25H25FN4OS/c1-15-4-2-5-17(12-15)23-22(29-25(27)32-23)24(31)30(14-16-8-9-16)11-10-18-13-28-21-19(18)6-3-7-20(21)26/h2-7,12-13,16,20H,8-11,14H2,1H3,(H2,27,29). The summed E-state index contributed by atoms with van der Waals surface area (Å²) in [4.78, 5) is 25.0. The van der Waals surface area contributed by atoms with Gasteiger partial charge in [0.2, 0.25) is 0 Å². The molecular weight excluding hydrogens is 423 g/mol. The van der Waals surface area contributed by atoms with Gasteiger partial charge in [0.1, 0.15) is 5.69 Å². The van der Waals surface area contributed by atoms with Crippen molar-refractivity contribution < 1.29 is 9.18 Å². The summed E-state index contributed by atoms with van der Waals surface area (Å²) in [6, 6.07) is 8.04. The Balaban J connectivity index is 1.37. The van der Waals surface area contributed by atoms with Gasteiger partial charge in [-0.05, 0) is 49.3 Å². The van der Waals surface area contributed by atoms with Crippen LogP contribution in [0.25, 0.3) is 10.4 Å². The number of hydrogen-bond acceptors (Lipinski definition) is 5. The Kier molecular flexibility index (Phi) is 5.51. The predicted molar refractivity (Wildman–Crippen MR) is 128 cm³/mol. The van der Waals surface area contributed by atoms with Gasteiger partial charge in [0.25, 0.3) is 5.91 Å². The molecule has 1 fully saturated rings. The Morgan fingerprint density at radius 1 is 1.34 bits per heavy atom. The number of aryl methyl sites for hydroxylation is 1. The van der Waals surface area contributed by atoms with Gasteiger partial charge in [0, 0.05) is 24.9 Å². The van der Waals surface area contributed by atoms with E-state index in [1.54, 1.807) is 12.3 Å². The maximum absolute atomic E-state index is 14.1. The molecule has 32 heavy (non-hydrogen) atoms. The van der Waals surface area contributed by atoms with Crippen LogP contribution in [0.4, 0.5) is 9.52 Å². The molecule has 0 spiro atoms. The van der Waals surface area contributed by atoms with Gasteiger partial charge in [-0.25, -0.2) is 9.37 Å². The first-order valence-corrected chi connectivity index (χ1v) is 11.7. The molecule has 2 aliphatic carbocycles. The minimum atomic E-state index is -1.16. The summed E-state index contributed by atoms with van der Waals surface area (Å²) >= 11 is 1.35. The van der Waals surface area contributed by atoms with E-state index in [1.807, 2.05) is 42.2 Å². The van der Waals surface area contributed by atoms with Gasteiger partial charge in [-0.3, -0.25) is 9.79 Å². The van der Waals surface area contributed by atoms with Gasteiger partial charge in [0.05, 0.1) is 10.6 Å². The van der Waals surface area contributed by atoms with Gasteiger partial charge in [0.15, 0.2) is 11.3 Å². The molecule has 3 aliphatic rings. The van der Waals surface area contributed by atoms with Crippen LogP contribution < -0.4 is 5.73 Å². The van der Waals surface area contributed by atoms with Crippen LogP contribution in [0.15, 0.2) is 64.8 Å². The van der Waals surface area contributed by atoms with E-state index < -0.39 is 6.17 Å². The Morgan fingerprint density at radius 3 is 2.97 bits per heavy atom. The molecule has 0 radical (unpaired) electrons. The number of nitrogens with zero attached hydrogens (tertiary/aromatic N) is 3. The lowest BCUT2D eigenvalue weighted by Gasteiger charge is -2.23. The van der Waals surface area contributed by atoms with Gasteiger partial charge < -0.3 is 10.6 Å². The van der Waals surface area contributed by atoms with Crippen LogP contribution >= 0.6 is 11.3 Å². The number of alkyl halides is 1. The number of amides is 1. The lowest BCUT2D eigenvalue weighted by molar-refractivity contribution is 0.0745. The molecule has 1 aliphatic heterocycles. The van der Waals surface area contributed by atoms with Gasteiger partial charge in [-0.1, -0.05) is 53.3 Å². The number of aliphatic imine (C=N–C) groups is 1. The molecular formula is C25H25FN4OS. The fourth-order valence-corrected chi connectivity index (χ4v) is 4.98. The zero-order valence-corrected chi connectivity index (χ0v) is 18.7. The van der Waals surface area contributed by atoms with Crippen LogP contribution in [-0.4, -0.2) is 40.8 Å². The van der Waals surface area contributed by atoms with E-state index in [0.29, 0.717) is 42.0 Å². The number of aromatic nitrogens is 1. The van der Waals surface area contributed by atoms with Crippen LogP contribution in [0.2, 0.25) is 0 Å². The van der Waals surface area contributed by atoms with Crippen molar-refractivity contribution in [2.24, 2.45) is 10.9 Å². The predicted octanol–water partition coefficient (Wildman–Crippen LogP) is 5.12. The van der Waals surface area contributed by atoms with E-state index in [2.05, 4.69) is 9.98 Å². The van der Waals surface area contributed by atoms with Crippen molar-refractivity contribution >= 4 is 28.1 Å². The van der Waals surface area contributed by atoms with E-state index in [0.717, 1.165) is 40.0 Å². The molecule has 1 saturated carbocycles.